The van der Waals surface area contributed by atoms with Gasteiger partial charge in [0.1, 0.15) is 11.6 Å². The third-order valence-corrected chi connectivity index (χ3v) is 4.00. The van der Waals surface area contributed by atoms with Crippen LogP contribution >= 0.6 is 0 Å². The van der Waals surface area contributed by atoms with E-state index >= 15 is 0 Å². The van der Waals surface area contributed by atoms with E-state index in [9.17, 15) is 5.11 Å². The van der Waals surface area contributed by atoms with Gasteiger partial charge in [0.15, 0.2) is 0 Å². The molecule has 20 heavy (non-hydrogen) atoms. The van der Waals surface area contributed by atoms with Crippen LogP contribution in [0.2, 0.25) is 0 Å². The molecule has 2 atom stereocenters. The lowest BCUT2D eigenvalue weighted by atomic mass is 9.87. The van der Waals surface area contributed by atoms with E-state index in [-0.39, 0.29) is 5.92 Å². The molecule has 0 aliphatic carbocycles. The summed E-state index contributed by atoms with van der Waals surface area (Å²) in [5, 5.41) is 10.6. The van der Waals surface area contributed by atoms with Crippen molar-refractivity contribution in [2.45, 2.75) is 38.3 Å². The van der Waals surface area contributed by atoms with E-state index in [2.05, 4.69) is 22.5 Å². The van der Waals surface area contributed by atoms with E-state index < -0.39 is 6.10 Å². The maximum Gasteiger partial charge on any atom is 0.122 e. The highest BCUT2D eigenvalue weighted by Gasteiger charge is 2.28. The van der Waals surface area contributed by atoms with Gasteiger partial charge in [-0.15, -0.1) is 0 Å². The summed E-state index contributed by atoms with van der Waals surface area (Å²) >= 11 is 0. The van der Waals surface area contributed by atoms with Crippen LogP contribution in [0.4, 0.5) is 0 Å². The lowest BCUT2D eigenvalue weighted by molar-refractivity contribution is 0.114. The van der Waals surface area contributed by atoms with Gasteiger partial charge in [-0.1, -0.05) is 18.2 Å². The summed E-state index contributed by atoms with van der Waals surface area (Å²) in [7, 11) is 0. The lowest BCUT2D eigenvalue weighted by Gasteiger charge is -2.29. The number of para-hydroxylation sites is 1. The number of benzene rings is 1. The molecule has 1 aromatic carbocycles. The van der Waals surface area contributed by atoms with Crippen molar-refractivity contribution in [2.24, 2.45) is 0 Å². The Morgan fingerprint density at radius 2 is 2.30 bits per heavy atom. The van der Waals surface area contributed by atoms with E-state index in [1.807, 2.05) is 24.4 Å². The number of aromatic nitrogens is 2. The summed E-state index contributed by atoms with van der Waals surface area (Å²) in [5.74, 6) is 1.98. The highest BCUT2D eigenvalue weighted by Crippen LogP contribution is 2.36. The van der Waals surface area contributed by atoms with E-state index in [0.29, 0.717) is 13.0 Å². The summed E-state index contributed by atoms with van der Waals surface area (Å²) in [6.07, 6.45) is 4.77. The van der Waals surface area contributed by atoms with Gasteiger partial charge in [0.25, 0.3) is 0 Å². The number of rotatable bonds is 4. The van der Waals surface area contributed by atoms with Crippen molar-refractivity contribution in [2.75, 3.05) is 6.61 Å². The molecule has 2 heterocycles. The van der Waals surface area contributed by atoms with Gasteiger partial charge in [-0.05, 0) is 25.0 Å². The normalized spacial score (nSPS) is 19.2. The van der Waals surface area contributed by atoms with Gasteiger partial charge in [-0.2, -0.15) is 0 Å². The summed E-state index contributed by atoms with van der Waals surface area (Å²) in [6.45, 7) is 3.63. The molecule has 0 saturated heterocycles. The van der Waals surface area contributed by atoms with E-state index in [1.54, 1.807) is 6.20 Å². The molecule has 4 nitrogen and oxygen atoms in total. The average Bonchev–Trinajstić information content (AvgIpc) is 2.93. The summed E-state index contributed by atoms with van der Waals surface area (Å²) in [6, 6.07) is 7.99. The third kappa shape index (κ3) is 2.43. The molecule has 0 amide bonds. The van der Waals surface area contributed by atoms with Crippen LogP contribution in [-0.4, -0.2) is 27.4 Å². The van der Waals surface area contributed by atoms with Gasteiger partial charge >= 0.3 is 0 Å². The van der Waals surface area contributed by atoms with E-state index in [0.717, 1.165) is 30.1 Å². The topological polar surface area (TPSA) is 47.3 Å². The standard InChI is InChI=1S/C16H20N2O2/c1-2-18-9-8-17-16(18)11-14(19)12-7-10-20-15-6-4-3-5-13(12)15/h3-6,8-9,12,14,19H,2,7,10-11H2,1H3. The average molecular weight is 272 g/mol. The molecular formula is C16H20N2O2. The molecule has 0 bridgehead atoms. The van der Waals surface area contributed by atoms with Crippen LogP contribution in [0, 0.1) is 0 Å². The zero-order valence-corrected chi connectivity index (χ0v) is 11.7. The first-order valence-electron chi connectivity index (χ1n) is 7.19. The molecule has 1 aliphatic heterocycles. The first-order valence-corrected chi connectivity index (χ1v) is 7.19. The Hall–Kier alpha value is -1.81. The Morgan fingerprint density at radius 3 is 3.15 bits per heavy atom. The predicted octanol–water partition coefficient (Wildman–Crippen LogP) is 2.37. The molecule has 0 spiro atoms. The number of hydrogen-bond acceptors (Lipinski definition) is 3. The van der Waals surface area contributed by atoms with Crippen LogP contribution in [0.25, 0.3) is 0 Å². The number of aryl methyl sites for hydroxylation is 1. The van der Waals surface area contributed by atoms with Crippen molar-refractivity contribution >= 4 is 0 Å². The highest BCUT2D eigenvalue weighted by molar-refractivity contribution is 5.38. The summed E-state index contributed by atoms with van der Waals surface area (Å²) in [4.78, 5) is 4.35. The van der Waals surface area contributed by atoms with Crippen molar-refractivity contribution in [3.8, 4) is 5.75 Å². The molecule has 0 saturated carbocycles. The minimum Gasteiger partial charge on any atom is -0.493 e. The summed E-state index contributed by atoms with van der Waals surface area (Å²) < 4.78 is 7.73. The molecular weight excluding hydrogens is 252 g/mol. The van der Waals surface area contributed by atoms with Crippen LogP contribution in [0.1, 0.15) is 30.7 Å². The van der Waals surface area contributed by atoms with Crippen LogP contribution in [-0.2, 0) is 13.0 Å². The lowest BCUT2D eigenvalue weighted by Crippen LogP contribution is -2.27. The molecule has 2 aromatic rings. The van der Waals surface area contributed by atoms with Crippen LogP contribution in [0.15, 0.2) is 36.7 Å². The summed E-state index contributed by atoms with van der Waals surface area (Å²) in [5.41, 5.74) is 1.11. The van der Waals surface area contributed by atoms with Crippen molar-refractivity contribution in [3.63, 3.8) is 0 Å². The zero-order chi connectivity index (χ0) is 13.9. The Morgan fingerprint density at radius 1 is 1.45 bits per heavy atom. The second-order valence-electron chi connectivity index (χ2n) is 5.18. The van der Waals surface area contributed by atoms with Gasteiger partial charge in [-0.25, -0.2) is 4.98 Å². The van der Waals surface area contributed by atoms with Gasteiger partial charge in [0, 0.05) is 31.3 Å². The van der Waals surface area contributed by atoms with Crippen LogP contribution in [0.3, 0.4) is 0 Å². The Kier molecular flexibility index (Phi) is 3.74. The maximum absolute atomic E-state index is 10.6. The van der Waals surface area contributed by atoms with Crippen molar-refractivity contribution < 1.29 is 9.84 Å². The molecule has 0 fully saturated rings. The number of fused-ring (bicyclic) bond motifs is 1. The van der Waals surface area contributed by atoms with Crippen LogP contribution < -0.4 is 4.74 Å². The van der Waals surface area contributed by atoms with Crippen molar-refractivity contribution in [3.05, 3.63) is 48.0 Å². The molecule has 0 radical (unpaired) electrons. The fourth-order valence-electron chi connectivity index (χ4n) is 2.92. The maximum atomic E-state index is 10.6. The van der Waals surface area contributed by atoms with E-state index in [4.69, 9.17) is 4.74 Å². The van der Waals surface area contributed by atoms with Crippen molar-refractivity contribution in [1.29, 1.82) is 0 Å². The number of hydrogen-bond donors (Lipinski definition) is 1. The smallest absolute Gasteiger partial charge is 0.122 e. The second-order valence-corrected chi connectivity index (χ2v) is 5.18. The number of nitrogens with zero attached hydrogens (tertiary/aromatic N) is 2. The van der Waals surface area contributed by atoms with E-state index in [1.165, 1.54) is 0 Å². The number of imidazole rings is 1. The molecule has 1 aliphatic rings. The predicted molar refractivity (Wildman–Crippen MR) is 76.9 cm³/mol. The fourth-order valence-corrected chi connectivity index (χ4v) is 2.92. The molecule has 4 heteroatoms. The Labute approximate surface area is 119 Å². The minimum atomic E-state index is -0.423. The van der Waals surface area contributed by atoms with Gasteiger partial charge < -0.3 is 14.4 Å². The number of ether oxygens (including phenoxy) is 1. The minimum absolute atomic E-state index is 0.127. The molecule has 106 valence electrons. The number of aliphatic hydroxyl groups excluding tert-OH is 1. The Bertz CT molecular complexity index is 579. The number of aliphatic hydroxyl groups is 1. The van der Waals surface area contributed by atoms with Crippen LogP contribution in [0.5, 0.6) is 5.75 Å². The van der Waals surface area contributed by atoms with Gasteiger partial charge in [-0.3, -0.25) is 0 Å². The Balaban J connectivity index is 1.80. The van der Waals surface area contributed by atoms with Gasteiger partial charge in [0.2, 0.25) is 0 Å². The fraction of sp³-hybridized carbons (Fsp3) is 0.438. The van der Waals surface area contributed by atoms with Crippen molar-refractivity contribution in [1.82, 2.24) is 9.55 Å². The quantitative estimate of drug-likeness (QED) is 0.929. The molecule has 2 unspecified atom stereocenters. The molecule has 1 N–H and O–H groups in total. The second kappa shape index (κ2) is 5.67. The first-order chi connectivity index (χ1) is 9.79. The zero-order valence-electron chi connectivity index (χ0n) is 11.7. The SMILES string of the molecule is CCn1ccnc1CC(O)C1CCOc2ccccc21. The highest BCUT2D eigenvalue weighted by atomic mass is 16.5. The molecule has 3 rings (SSSR count). The third-order valence-electron chi connectivity index (χ3n) is 4.00. The monoisotopic (exact) mass is 272 g/mol. The molecule has 1 aromatic heterocycles. The van der Waals surface area contributed by atoms with Gasteiger partial charge in [0.05, 0.1) is 12.7 Å². The first kappa shape index (κ1) is 13.2. The largest absolute Gasteiger partial charge is 0.493 e.